The Morgan fingerprint density at radius 1 is 1.19 bits per heavy atom. The van der Waals surface area contributed by atoms with Gasteiger partial charge < -0.3 is 30.5 Å². The van der Waals surface area contributed by atoms with E-state index in [0.717, 1.165) is 47.8 Å². The first kappa shape index (κ1) is 42.1. The number of carbonyl (C=O) groups excluding carboxylic acids is 1. The van der Waals surface area contributed by atoms with Crippen LogP contribution in [0.25, 0.3) is 0 Å². The van der Waals surface area contributed by atoms with Crippen LogP contribution >= 0.6 is 0 Å². The molecule has 0 radical (unpaired) electrons. The fourth-order valence-corrected chi connectivity index (χ4v) is 9.40. The van der Waals surface area contributed by atoms with E-state index < -0.39 is 23.3 Å². The monoisotopic (exact) mass is 718 g/mol. The lowest BCUT2D eigenvalue weighted by Crippen LogP contribution is -2.61. The number of hydrogen-bond acceptors (Lipinski definition) is 8. The summed E-state index contributed by atoms with van der Waals surface area (Å²) in [6.45, 7) is 13.9. The van der Waals surface area contributed by atoms with Gasteiger partial charge >= 0.3 is 0 Å². The van der Waals surface area contributed by atoms with E-state index in [1.54, 1.807) is 0 Å². The van der Waals surface area contributed by atoms with Crippen molar-refractivity contribution < 1.29 is 30.0 Å². The van der Waals surface area contributed by atoms with Gasteiger partial charge in [-0.1, -0.05) is 66.3 Å². The minimum Gasteiger partial charge on any atom is -0.396 e. The van der Waals surface area contributed by atoms with Crippen molar-refractivity contribution in [1.29, 1.82) is 0 Å². The molecule has 0 saturated heterocycles. The third-order valence-electron chi connectivity index (χ3n) is 12.3. The molecule has 1 spiro atoms. The van der Waals surface area contributed by atoms with Gasteiger partial charge in [-0.25, -0.2) is 0 Å². The van der Waals surface area contributed by atoms with Gasteiger partial charge in [-0.15, -0.1) is 0 Å². The van der Waals surface area contributed by atoms with Gasteiger partial charge in [0.15, 0.2) is 0 Å². The molecule has 1 unspecified atom stereocenters. The summed E-state index contributed by atoms with van der Waals surface area (Å²) in [4.78, 5) is 12.1. The van der Waals surface area contributed by atoms with Gasteiger partial charge in [-0.2, -0.15) is 0 Å². The molecule has 2 saturated carbocycles. The van der Waals surface area contributed by atoms with Crippen LogP contribution in [0.2, 0.25) is 0 Å². The molecule has 0 aromatic heterocycles. The van der Waals surface area contributed by atoms with E-state index in [2.05, 4.69) is 66.6 Å². The Bertz CT molecular complexity index is 1480. The summed E-state index contributed by atoms with van der Waals surface area (Å²) < 4.78 is 5.99. The van der Waals surface area contributed by atoms with Gasteiger partial charge in [-0.3, -0.25) is 10.1 Å². The molecule has 3 aliphatic rings. The second kappa shape index (κ2) is 19.6. The van der Waals surface area contributed by atoms with Crippen molar-refractivity contribution in [2.45, 2.75) is 116 Å². The lowest BCUT2D eigenvalue weighted by atomic mass is 9.51. The van der Waals surface area contributed by atoms with Crippen molar-refractivity contribution in [2.24, 2.45) is 23.2 Å². The molecule has 0 amide bonds. The molecule has 288 valence electrons. The Hall–Kier alpha value is -2.69. The highest BCUT2D eigenvalue weighted by Crippen LogP contribution is 2.64. The number of rotatable bonds is 14. The van der Waals surface area contributed by atoms with Gasteiger partial charge in [0.1, 0.15) is 12.5 Å². The Kier molecular flexibility index (Phi) is 15.8. The SMILES string of the molecule is C=C(C=CC=C(COCC)[C@H]1CC[C@@]2(C(CCCO)C(=C(C)C=O)CC[C@]2(O)CCNC)[C@@H]1O)[C@@H]1CC=C(C)[C@@H](O)N[C@@H](C)Cc2cccc(c2)C1. The van der Waals surface area contributed by atoms with E-state index in [9.17, 15) is 25.2 Å². The second-order valence-corrected chi connectivity index (χ2v) is 15.7. The topological polar surface area (TPSA) is 131 Å². The average Bonchev–Trinajstić information content (AvgIpc) is 3.47. The molecule has 1 aromatic rings. The summed E-state index contributed by atoms with van der Waals surface area (Å²) >= 11 is 0. The van der Waals surface area contributed by atoms with Crippen LogP contribution in [0.15, 0.2) is 83.0 Å². The smallest absolute Gasteiger partial charge is 0.145 e. The molecule has 8 nitrogen and oxygen atoms in total. The number of nitrogens with one attached hydrogen (secondary N) is 2. The average molecular weight is 719 g/mol. The molecule has 1 aliphatic heterocycles. The molecular weight excluding hydrogens is 652 g/mol. The number of fused-ring (bicyclic) bond motifs is 2. The molecule has 8 heteroatoms. The van der Waals surface area contributed by atoms with Crippen molar-refractivity contribution in [3.8, 4) is 0 Å². The van der Waals surface area contributed by atoms with Crippen molar-refractivity contribution in [1.82, 2.24) is 10.6 Å². The van der Waals surface area contributed by atoms with E-state index in [1.165, 1.54) is 11.1 Å². The summed E-state index contributed by atoms with van der Waals surface area (Å²) in [6, 6.07) is 8.83. The van der Waals surface area contributed by atoms with Crippen LogP contribution in [0.5, 0.6) is 0 Å². The molecule has 2 aliphatic carbocycles. The maximum Gasteiger partial charge on any atom is 0.145 e. The second-order valence-electron chi connectivity index (χ2n) is 15.7. The highest BCUT2D eigenvalue weighted by atomic mass is 16.5. The quantitative estimate of drug-likeness (QED) is 0.0607. The number of aliphatic hydroxyl groups excluding tert-OH is 3. The summed E-state index contributed by atoms with van der Waals surface area (Å²) in [7, 11) is 1.87. The molecular formula is C44H66N2O6. The fraction of sp³-hybridized carbons (Fsp3) is 0.614. The first-order valence-corrected chi connectivity index (χ1v) is 19.6. The lowest BCUT2D eigenvalue weighted by molar-refractivity contribution is -0.180. The summed E-state index contributed by atoms with van der Waals surface area (Å²) in [5.74, 6) is -0.348. The Morgan fingerprint density at radius 2 is 1.94 bits per heavy atom. The number of carbonyl (C=O) groups is 1. The third kappa shape index (κ3) is 9.69. The van der Waals surface area contributed by atoms with Gasteiger partial charge in [-0.05, 0) is 145 Å². The van der Waals surface area contributed by atoms with Crippen molar-refractivity contribution in [3.05, 3.63) is 94.1 Å². The number of allylic oxidation sites excluding steroid dienone is 7. The van der Waals surface area contributed by atoms with Crippen LogP contribution in [0.4, 0.5) is 0 Å². The number of hydrogen-bond donors (Lipinski definition) is 6. The van der Waals surface area contributed by atoms with E-state index >= 15 is 0 Å². The molecule has 4 rings (SSSR count). The normalized spacial score (nSPS) is 32.7. The number of benzene rings is 1. The van der Waals surface area contributed by atoms with Crippen LogP contribution in [-0.4, -0.2) is 84.1 Å². The Labute approximate surface area is 312 Å². The number of ether oxygens (including phenoxy) is 1. The highest BCUT2D eigenvalue weighted by Gasteiger charge is 2.65. The van der Waals surface area contributed by atoms with E-state index in [4.69, 9.17) is 4.74 Å². The van der Waals surface area contributed by atoms with Crippen LogP contribution in [-0.2, 0) is 22.4 Å². The molecule has 2 fully saturated rings. The molecule has 6 N–H and O–H groups in total. The zero-order chi connectivity index (χ0) is 37.9. The number of aldehydes is 1. The van der Waals surface area contributed by atoms with Crippen molar-refractivity contribution in [3.63, 3.8) is 0 Å². The van der Waals surface area contributed by atoms with Crippen LogP contribution in [0.3, 0.4) is 0 Å². The lowest BCUT2D eigenvalue weighted by Gasteiger charge is -2.57. The minimum atomic E-state index is -1.14. The van der Waals surface area contributed by atoms with Crippen LogP contribution < -0.4 is 10.6 Å². The highest BCUT2D eigenvalue weighted by molar-refractivity contribution is 5.74. The first-order valence-electron chi connectivity index (χ1n) is 19.6. The van der Waals surface area contributed by atoms with Crippen molar-refractivity contribution >= 4 is 6.29 Å². The Balaban J connectivity index is 1.67. The van der Waals surface area contributed by atoms with Crippen LogP contribution in [0, 0.1) is 23.2 Å². The largest absolute Gasteiger partial charge is 0.396 e. The minimum absolute atomic E-state index is 0.0110. The van der Waals surface area contributed by atoms with Gasteiger partial charge in [0.25, 0.3) is 0 Å². The fourth-order valence-electron chi connectivity index (χ4n) is 9.40. The molecule has 1 heterocycles. The van der Waals surface area contributed by atoms with Gasteiger partial charge in [0.2, 0.25) is 0 Å². The van der Waals surface area contributed by atoms with E-state index in [1.807, 2.05) is 33.9 Å². The summed E-state index contributed by atoms with van der Waals surface area (Å²) in [6.07, 6.45) is 14.0. The Morgan fingerprint density at radius 3 is 2.63 bits per heavy atom. The van der Waals surface area contributed by atoms with Crippen molar-refractivity contribution in [2.75, 3.05) is 33.4 Å². The standard InChI is InChI=1S/C44H66N2O6/c1-7-52-29-37(14-8-11-30(2)36-17-16-31(3)42(50)46-33(5)25-34-12-9-13-35(26-34)27-36)39-19-21-44(41(39)49)40(15-10-24-47)38(32(4)28-48)18-20-43(44,51)22-23-45-6/h8-9,11-14,16,26,28,33,36,39-42,45-47,49-51H,2,7,10,15,17-25,27,29H2,1,3-6H3/t33-,36+,39+,40?,41+,42+,43-,44+/m0/s1. The molecule has 2 bridgehead atoms. The molecule has 1 aromatic carbocycles. The van der Waals surface area contributed by atoms with Gasteiger partial charge in [0, 0.05) is 30.6 Å². The summed E-state index contributed by atoms with van der Waals surface area (Å²) in [5, 5.41) is 52.4. The first-order chi connectivity index (χ1) is 24.9. The zero-order valence-corrected chi connectivity index (χ0v) is 32.4. The van der Waals surface area contributed by atoms with E-state index in [-0.39, 0.29) is 30.4 Å². The predicted molar refractivity (Wildman–Crippen MR) is 210 cm³/mol. The maximum absolute atomic E-state index is 12.6. The maximum atomic E-state index is 12.6. The zero-order valence-electron chi connectivity index (χ0n) is 32.4. The molecule has 8 atom stereocenters. The summed E-state index contributed by atoms with van der Waals surface area (Å²) in [5.41, 5.74) is 5.02. The van der Waals surface area contributed by atoms with Crippen LogP contribution in [0.1, 0.15) is 90.2 Å². The van der Waals surface area contributed by atoms with Gasteiger partial charge in [0.05, 0.1) is 18.3 Å². The number of aliphatic hydroxyl groups is 4. The third-order valence-corrected chi connectivity index (χ3v) is 12.3. The van der Waals surface area contributed by atoms with E-state index in [0.29, 0.717) is 70.3 Å². The molecule has 52 heavy (non-hydrogen) atoms. The predicted octanol–water partition coefficient (Wildman–Crippen LogP) is 5.91.